The molecule has 4 aliphatic carbocycles. The molecule has 1 spiro atoms. The number of nitrogens with one attached hydrogen (secondary N) is 1. The summed E-state index contributed by atoms with van der Waals surface area (Å²) in [6.07, 6.45) is 0.737. The SMILES string of the molecule is CNc1cccc(F)c1C(=O)OC1C(C)=CC23C(C)CC4C(C(CC(C=O)C(N=O)C12O)C3O)C4(C)C. The van der Waals surface area contributed by atoms with Crippen LogP contribution in [0.5, 0.6) is 0 Å². The number of aliphatic hydroxyl groups is 2. The second kappa shape index (κ2) is 8.43. The molecular formula is C28H35FN2O6. The average Bonchev–Trinajstić information content (AvgIpc) is 3.35. The van der Waals surface area contributed by atoms with Crippen molar-refractivity contribution in [3.8, 4) is 0 Å². The number of halogens is 1. The minimum absolute atomic E-state index is 0.0425. The van der Waals surface area contributed by atoms with E-state index in [4.69, 9.17) is 4.74 Å². The van der Waals surface area contributed by atoms with E-state index >= 15 is 0 Å². The minimum atomic E-state index is -2.19. The van der Waals surface area contributed by atoms with Gasteiger partial charge in [0.2, 0.25) is 0 Å². The summed E-state index contributed by atoms with van der Waals surface area (Å²) in [7, 11) is 1.54. The quantitative estimate of drug-likeness (QED) is 0.237. The molecule has 0 heterocycles. The Labute approximate surface area is 215 Å². The van der Waals surface area contributed by atoms with Crippen molar-refractivity contribution in [2.45, 2.75) is 64.4 Å². The van der Waals surface area contributed by atoms with Gasteiger partial charge in [0.25, 0.3) is 0 Å². The van der Waals surface area contributed by atoms with Gasteiger partial charge in [0.15, 0.2) is 6.10 Å². The number of esters is 1. The second-order valence-corrected chi connectivity index (χ2v) is 12.1. The molecule has 1 aromatic rings. The fourth-order valence-electron chi connectivity index (χ4n) is 8.54. The van der Waals surface area contributed by atoms with Gasteiger partial charge in [-0.2, -0.15) is 4.91 Å². The van der Waals surface area contributed by atoms with Crippen molar-refractivity contribution >= 4 is 17.9 Å². The highest BCUT2D eigenvalue weighted by Crippen LogP contribution is 2.73. The molecular weight excluding hydrogens is 479 g/mol. The summed E-state index contributed by atoms with van der Waals surface area (Å²) in [4.78, 5) is 38.1. The second-order valence-electron chi connectivity index (χ2n) is 12.1. The molecule has 5 rings (SSSR count). The number of benzene rings is 1. The first-order valence-electron chi connectivity index (χ1n) is 13.0. The van der Waals surface area contributed by atoms with E-state index in [2.05, 4.69) is 24.3 Å². The Bertz CT molecular complexity index is 1190. The van der Waals surface area contributed by atoms with Crippen LogP contribution in [0.1, 0.15) is 50.9 Å². The van der Waals surface area contributed by atoms with Gasteiger partial charge < -0.3 is 25.1 Å². The summed E-state index contributed by atoms with van der Waals surface area (Å²) in [6, 6.07) is 2.63. The Balaban J connectivity index is 1.66. The van der Waals surface area contributed by atoms with E-state index in [1.54, 1.807) is 13.0 Å². The maximum atomic E-state index is 14.7. The Morgan fingerprint density at radius 3 is 2.62 bits per heavy atom. The molecule has 10 unspecified atom stereocenters. The van der Waals surface area contributed by atoms with E-state index < -0.39 is 47.0 Å². The number of aldehydes is 1. The number of ether oxygens (including phenoxy) is 1. The van der Waals surface area contributed by atoms with Crippen LogP contribution in [0.3, 0.4) is 0 Å². The Morgan fingerprint density at radius 1 is 1.30 bits per heavy atom. The van der Waals surface area contributed by atoms with E-state index in [0.717, 1.165) is 6.07 Å². The number of hydrogen-bond donors (Lipinski definition) is 3. The van der Waals surface area contributed by atoms with E-state index in [1.165, 1.54) is 19.2 Å². The molecule has 8 nitrogen and oxygen atoms in total. The number of hydrogen-bond acceptors (Lipinski definition) is 8. The van der Waals surface area contributed by atoms with Crippen LogP contribution in [0.15, 0.2) is 35.0 Å². The lowest BCUT2D eigenvalue weighted by Crippen LogP contribution is -2.66. The van der Waals surface area contributed by atoms with Crippen LogP contribution in [0.2, 0.25) is 0 Å². The maximum absolute atomic E-state index is 14.7. The van der Waals surface area contributed by atoms with Gasteiger partial charge in [0, 0.05) is 13.0 Å². The summed E-state index contributed by atoms with van der Waals surface area (Å²) in [5, 5.41) is 30.7. The zero-order valence-corrected chi connectivity index (χ0v) is 21.8. The average molecular weight is 515 g/mol. The molecule has 0 aliphatic heterocycles. The largest absolute Gasteiger partial charge is 0.451 e. The lowest BCUT2D eigenvalue weighted by atomic mass is 9.58. The predicted molar refractivity (Wildman–Crippen MR) is 134 cm³/mol. The van der Waals surface area contributed by atoms with Crippen LogP contribution in [0.4, 0.5) is 10.1 Å². The monoisotopic (exact) mass is 514 g/mol. The van der Waals surface area contributed by atoms with Crippen molar-refractivity contribution in [3.63, 3.8) is 0 Å². The molecule has 37 heavy (non-hydrogen) atoms. The van der Waals surface area contributed by atoms with Crippen molar-refractivity contribution in [3.05, 3.63) is 46.1 Å². The third-order valence-electron chi connectivity index (χ3n) is 10.3. The molecule has 0 saturated heterocycles. The van der Waals surface area contributed by atoms with Crippen LogP contribution >= 0.6 is 0 Å². The molecule has 1 aromatic carbocycles. The highest BCUT2D eigenvalue weighted by molar-refractivity contribution is 5.96. The Morgan fingerprint density at radius 2 is 2.00 bits per heavy atom. The van der Waals surface area contributed by atoms with E-state index in [9.17, 15) is 29.1 Å². The maximum Gasteiger partial charge on any atom is 0.343 e. The fourth-order valence-corrected chi connectivity index (χ4v) is 8.54. The van der Waals surface area contributed by atoms with Crippen LogP contribution < -0.4 is 5.32 Å². The van der Waals surface area contributed by atoms with Gasteiger partial charge in [-0.1, -0.05) is 38.1 Å². The van der Waals surface area contributed by atoms with Crippen molar-refractivity contribution in [2.24, 2.45) is 45.6 Å². The Hall–Kier alpha value is -2.65. The molecule has 9 heteroatoms. The lowest BCUT2D eigenvalue weighted by Gasteiger charge is -2.51. The molecule has 0 aromatic heterocycles. The van der Waals surface area contributed by atoms with E-state index in [-0.39, 0.29) is 46.8 Å². The van der Waals surface area contributed by atoms with Gasteiger partial charge in [-0.15, -0.1) is 0 Å². The fraction of sp³-hybridized carbons (Fsp3) is 0.643. The van der Waals surface area contributed by atoms with Crippen LogP contribution in [0, 0.1) is 51.1 Å². The number of aliphatic hydroxyl groups excluding tert-OH is 1. The first-order valence-corrected chi connectivity index (χ1v) is 13.0. The molecule has 3 fully saturated rings. The van der Waals surface area contributed by atoms with Crippen LogP contribution in [-0.4, -0.2) is 53.4 Å². The number of anilines is 1. The highest BCUT2D eigenvalue weighted by atomic mass is 19.1. The number of nitrogens with zero attached hydrogens (tertiary/aromatic N) is 1. The van der Waals surface area contributed by atoms with Crippen molar-refractivity contribution < 1.29 is 28.9 Å². The van der Waals surface area contributed by atoms with Gasteiger partial charge in [-0.3, -0.25) is 0 Å². The molecule has 200 valence electrons. The summed E-state index contributed by atoms with van der Waals surface area (Å²) in [5.41, 5.74) is -3.33. The van der Waals surface area contributed by atoms with Crippen LogP contribution in [0.25, 0.3) is 0 Å². The number of fused-ring (bicyclic) bond motifs is 3. The lowest BCUT2D eigenvalue weighted by molar-refractivity contribution is -0.189. The van der Waals surface area contributed by atoms with Crippen molar-refractivity contribution in [2.75, 3.05) is 12.4 Å². The van der Waals surface area contributed by atoms with Gasteiger partial charge >= 0.3 is 5.97 Å². The smallest absolute Gasteiger partial charge is 0.343 e. The summed E-state index contributed by atoms with van der Waals surface area (Å²) in [5.74, 6) is -3.08. The third-order valence-corrected chi connectivity index (χ3v) is 10.3. The van der Waals surface area contributed by atoms with Crippen molar-refractivity contribution in [1.29, 1.82) is 0 Å². The van der Waals surface area contributed by atoms with Gasteiger partial charge in [-0.05, 0) is 66.6 Å². The standard InChI is InChI=1S/C28H35FN2O6/c1-13-11-27-14(2)9-17-21(26(17,3)4)16(23(27)33)10-15(12-32)22(31-36)28(27,35)24(13)37-25(34)20-18(29)7-6-8-19(20)30-5/h6-8,11-12,14-17,21-24,30,33,35H,9-10H2,1-5H3. The topological polar surface area (TPSA) is 125 Å². The van der Waals surface area contributed by atoms with E-state index in [1.807, 2.05) is 6.92 Å². The first-order chi connectivity index (χ1) is 17.4. The van der Waals surface area contributed by atoms with Gasteiger partial charge in [0.1, 0.15) is 29.3 Å². The number of nitroso groups, excluding NO2 is 1. The molecule has 4 aliphatic rings. The zero-order chi connectivity index (χ0) is 27.1. The van der Waals surface area contributed by atoms with Gasteiger partial charge in [-0.25, -0.2) is 9.18 Å². The summed E-state index contributed by atoms with van der Waals surface area (Å²) >= 11 is 0. The summed E-state index contributed by atoms with van der Waals surface area (Å²) < 4.78 is 20.6. The molecule has 10 atom stereocenters. The van der Waals surface area contributed by atoms with E-state index in [0.29, 0.717) is 18.3 Å². The molecule has 2 bridgehead atoms. The third kappa shape index (κ3) is 3.19. The zero-order valence-electron chi connectivity index (χ0n) is 21.8. The summed E-state index contributed by atoms with van der Waals surface area (Å²) in [6.45, 7) is 7.88. The number of carbonyl (C=O) groups excluding carboxylic acids is 2. The predicted octanol–water partition coefficient (Wildman–Crippen LogP) is 3.71. The van der Waals surface area contributed by atoms with Crippen molar-refractivity contribution in [1.82, 2.24) is 0 Å². The highest BCUT2D eigenvalue weighted by Gasteiger charge is 2.77. The van der Waals surface area contributed by atoms with Gasteiger partial charge in [0.05, 0.1) is 17.2 Å². The minimum Gasteiger partial charge on any atom is -0.451 e. The molecule has 0 radical (unpaired) electrons. The molecule has 3 N–H and O–H groups in total. The number of carbonyl (C=O) groups is 2. The molecule has 0 amide bonds. The normalized spacial score (nSPS) is 43.3. The molecule has 3 saturated carbocycles. The number of rotatable bonds is 5. The first kappa shape index (κ1) is 26.0. The van der Waals surface area contributed by atoms with Crippen LogP contribution in [-0.2, 0) is 9.53 Å². The Kier molecular flexibility index (Phi) is 5.92.